The monoisotopic (exact) mass is 476 g/mol. The molecule has 0 radical (unpaired) electrons. The second-order valence-corrected chi connectivity index (χ2v) is 9.60. The van der Waals surface area contributed by atoms with Crippen LogP contribution in [0, 0.1) is 6.92 Å². The van der Waals surface area contributed by atoms with Gasteiger partial charge in [-0.05, 0) is 30.7 Å². The molecule has 4 rings (SSSR count). The Bertz CT molecular complexity index is 1200. The Kier molecular flexibility index (Phi) is 7.85. The van der Waals surface area contributed by atoms with E-state index in [4.69, 9.17) is 4.98 Å². The molecule has 178 valence electrons. The van der Waals surface area contributed by atoms with Crippen LogP contribution in [0.25, 0.3) is 0 Å². The van der Waals surface area contributed by atoms with Gasteiger partial charge in [-0.3, -0.25) is 14.2 Å². The quantitative estimate of drug-likeness (QED) is 0.384. The van der Waals surface area contributed by atoms with E-state index >= 15 is 0 Å². The number of aryl methyl sites for hydroxylation is 1. The van der Waals surface area contributed by atoms with Gasteiger partial charge < -0.3 is 9.80 Å². The molecule has 6 nitrogen and oxygen atoms in total. The number of thioether (sulfide) groups is 1. The first-order valence-corrected chi connectivity index (χ1v) is 12.8. The number of benzene rings is 2. The largest absolute Gasteiger partial charge is 0.336 e. The maximum absolute atomic E-state index is 13.2. The molecule has 0 atom stereocenters. The highest BCUT2D eigenvalue weighted by Gasteiger charge is 2.23. The van der Waals surface area contributed by atoms with Crippen molar-refractivity contribution in [1.29, 1.82) is 0 Å². The van der Waals surface area contributed by atoms with E-state index in [2.05, 4.69) is 11.8 Å². The Hall–Kier alpha value is -2.90. The van der Waals surface area contributed by atoms with Crippen molar-refractivity contribution in [1.82, 2.24) is 19.4 Å². The molecule has 1 saturated heterocycles. The summed E-state index contributed by atoms with van der Waals surface area (Å²) >= 11 is 1.50. The number of hydrogen-bond donors (Lipinski definition) is 0. The molecule has 1 aliphatic rings. The number of amides is 1. The second kappa shape index (κ2) is 11.0. The molecule has 1 aromatic heterocycles. The van der Waals surface area contributed by atoms with Gasteiger partial charge in [0, 0.05) is 62.2 Å². The number of carbonyl (C=O) groups excluding carboxylic acids is 1. The zero-order valence-electron chi connectivity index (χ0n) is 20.2. The lowest BCUT2D eigenvalue weighted by Crippen LogP contribution is -2.48. The molecule has 3 aromatic rings. The smallest absolute Gasteiger partial charge is 0.257 e. The maximum Gasteiger partial charge on any atom is 0.257 e. The van der Waals surface area contributed by atoms with Gasteiger partial charge in [-0.2, -0.15) is 0 Å². The summed E-state index contributed by atoms with van der Waals surface area (Å²) in [5.74, 6) is 0.664. The van der Waals surface area contributed by atoms with Gasteiger partial charge in [0.15, 0.2) is 5.16 Å². The number of nitrogens with zero attached hydrogens (tertiary/aromatic N) is 4. The zero-order valence-corrected chi connectivity index (χ0v) is 21.0. The molecule has 2 aromatic carbocycles. The van der Waals surface area contributed by atoms with Crippen LogP contribution in [0.5, 0.6) is 0 Å². The molecule has 1 amide bonds. The molecule has 0 spiro atoms. The van der Waals surface area contributed by atoms with Crippen molar-refractivity contribution >= 4 is 17.7 Å². The van der Waals surface area contributed by atoms with E-state index in [1.807, 2.05) is 66.4 Å². The minimum absolute atomic E-state index is 0.0167. The highest BCUT2D eigenvalue weighted by molar-refractivity contribution is 7.98. The molecule has 0 bridgehead atoms. The molecular formula is C27H32N4O2S. The van der Waals surface area contributed by atoms with E-state index < -0.39 is 0 Å². The summed E-state index contributed by atoms with van der Waals surface area (Å²) in [5, 5.41) is 0.665. The molecule has 7 heteroatoms. The first-order valence-electron chi connectivity index (χ1n) is 11.8. The van der Waals surface area contributed by atoms with E-state index in [1.165, 1.54) is 11.8 Å². The molecular weight excluding hydrogens is 444 g/mol. The van der Waals surface area contributed by atoms with Crippen LogP contribution in [0.3, 0.4) is 0 Å². The number of aromatic nitrogens is 2. The summed E-state index contributed by atoms with van der Waals surface area (Å²) in [4.78, 5) is 35.4. The lowest BCUT2D eigenvalue weighted by Gasteiger charge is -2.34. The lowest BCUT2D eigenvalue weighted by atomic mass is 10.1. The van der Waals surface area contributed by atoms with Gasteiger partial charge >= 0.3 is 0 Å². The minimum Gasteiger partial charge on any atom is -0.336 e. The third-order valence-corrected chi connectivity index (χ3v) is 7.56. The van der Waals surface area contributed by atoms with Crippen LogP contribution in [0.2, 0.25) is 0 Å². The molecule has 1 aliphatic heterocycles. The molecule has 2 heterocycles. The fourth-order valence-electron chi connectivity index (χ4n) is 4.30. The summed E-state index contributed by atoms with van der Waals surface area (Å²) in [7, 11) is 1.77. The van der Waals surface area contributed by atoms with E-state index in [1.54, 1.807) is 11.6 Å². The third kappa shape index (κ3) is 5.42. The van der Waals surface area contributed by atoms with Crippen LogP contribution in [-0.4, -0.2) is 58.0 Å². The van der Waals surface area contributed by atoms with Crippen LogP contribution in [0.4, 0.5) is 0 Å². The van der Waals surface area contributed by atoms with E-state index in [-0.39, 0.29) is 11.5 Å². The third-order valence-electron chi connectivity index (χ3n) is 6.48. The molecule has 0 saturated carbocycles. The van der Waals surface area contributed by atoms with Gasteiger partial charge in [0.1, 0.15) is 0 Å². The number of rotatable bonds is 7. The number of piperazine rings is 1. The Morgan fingerprint density at radius 3 is 2.38 bits per heavy atom. The summed E-state index contributed by atoms with van der Waals surface area (Å²) in [5.41, 5.74) is 4.26. The predicted octanol–water partition coefficient (Wildman–Crippen LogP) is 3.75. The normalized spacial score (nSPS) is 14.4. The molecule has 0 N–H and O–H groups in total. The zero-order chi connectivity index (χ0) is 24.1. The SMILES string of the molecule is CCN1CCN(C(=O)c2ccccc2CSc2nc(C)c(Cc3ccccc3)c(=O)n2C)CC1. The first-order chi connectivity index (χ1) is 16.5. The highest BCUT2D eigenvalue weighted by Crippen LogP contribution is 2.24. The van der Waals surface area contributed by atoms with Crippen molar-refractivity contribution in [2.24, 2.45) is 7.05 Å². The summed E-state index contributed by atoms with van der Waals surface area (Å²) in [6.07, 6.45) is 0.569. The Morgan fingerprint density at radius 2 is 1.68 bits per heavy atom. The van der Waals surface area contributed by atoms with Gasteiger partial charge in [0.2, 0.25) is 0 Å². The van der Waals surface area contributed by atoms with Crippen molar-refractivity contribution in [3.05, 3.63) is 92.9 Å². The van der Waals surface area contributed by atoms with Gasteiger partial charge in [0.25, 0.3) is 11.5 Å². The van der Waals surface area contributed by atoms with Crippen molar-refractivity contribution in [3.63, 3.8) is 0 Å². The van der Waals surface area contributed by atoms with Gasteiger partial charge in [-0.25, -0.2) is 4.98 Å². The summed E-state index contributed by atoms with van der Waals surface area (Å²) in [6, 6.07) is 17.8. The van der Waals surface area contributed by atoms with Crippen molar-refractivity contribution in [3.8, 4) is 0 Å². The Balaban J connectivity index is 1.50. The van der Waals surface area contributed by atoms with E-state index in [0.717, 1.165) is 60.7 Å². The van der Waals surface area contributed by atoms with Crippen LogP contribution in [-0.2, 0) is 19.2 Å². The average molecular weight is 477 g/mol. The van der Waals surface area contributed by atoms with Gasteiger partial charge in [0.05, 0.1) is 0 Å². The first kappa shape index (κ1) is 24.2. The minimum atomic E-state index is -0.0167. The van der Waals surface area contributed by atoms with E-state index in [0.29, 0.717) is 17.3 Å². The van der Waals surface area contributed by atoms with E-state index in [9.17, 15) is 9.59 Å². The van der Waals surface area contributed by atoms with Crippen LogP contribution in [0.15, 0.2) is 64.5 Å². The number of hydrogen-bond acceptors (Lipinski definition) is 5. The standard InChI is InChI=1S/C27H32N4O2S/c1-4-30-14-16-31(17-15-30)26(33)23-13-9-8-12-22(23)19-34-27-28-20(2)24(25(32)29(27)3)18-21-10-6-5-7-11-21/h5-13H,4,14-19H2,1-3H3. The number of likely N-dealkylation sites (N-methyl/N-ethyl adjacent to an activating group) is 1. The molecule has 0 unspecified atom stereocenters. The van der Waals surface area contributed by atoms with Crippen LogP contribution >= 0.6 is 11.8 Å². The van der Waals surface area contributed by atoms with Crippen molar-refractivity contribution in [2.75, 3.05) is 32.7 Å². The summed E-state index contributed by atoms with van der Waals surface area (Å²) < 4.78 is 1.63. The Morgan fingerprint density at radius 1 is 1.00 bits per heavy atom. The molecule has 1 fully saturated rings. The number of carbonyl (C=O) groups is 1. The second-order valence-electron chi connectivity index (χ2n) is 8.66. The fourth-order valence-corrected chi connectivity index (χ4v) is 5.31. The lowest BCUT2D eigenvalue weighted by molar-refractivity contribution is 0.0642. The summed E-state index contributed by atoms with van der Waals surface area (Å²) in [6.45, 7) is 8.42. The van der Waals surface area contributed by atoms with Crippen molar-refractivity contribution < 1.29 is 4.79 Å². The Labute approximate surface area is 205 Å². The van der Waals surface area contributed by atoms with Crippen molar-refractivity contribution in [2.45, 2.75) is 31.2 Å². The highest BCUT2D eigenvalue weighted by atomic mass is 32.2. The predicted molar refractivity (Wildman–Crippen MR) is 137 cm³/mol. The van der Waals surface area contributed by atoms with Gasteiger partial charge in [-0.1, -0.05) is 67.2 Å². The van der Waals surface area contributed by atoms with Crippen LogP contribution < -0.4 is 5.56 Å². The maximum atomic E-state index is 13.2. The van der Waals surface area contributed by atoms with Crippen LogP contribution in [0.1, 0.15) is 39.7 Å². The average Bonchev–Trinajstić information content (AvgIpc) is 2.88. The van der Waals surface area contributed by atoms with Gasteiger partial charge in [-0.15, -0.1) is 0 Å². The fraction of sp³-hybridized carbons (Fsp3) is 0.370. The molecule has 0 aliphatic carbocycles. The molecule has 34 heavy (non-hydrogen) atoms. The topological polar surface area (TPSA) is 58.4 Å².